The SMILES string of the molecule is Cc1ccc(-c2nc3cnccn3c2Nc2ccc(C(=O)NCCN3CCOCC3)cc2)cc1. The number of fused-ring (bicyclic) bond motifs is 1. The van der Waals surface area contributed by atoms with Gasteiger partial charge in [0, 0.05) is 55.4 Å². The lowest BCUT2D eigenvalue weighted by Gasteiger charge is -2.26. The van der Waals surface area contributed by atoms with E-state index in [-0.39, 0.29) is 5.91 Å². The summed E-state index contributed by atoms with van der Waals surface area (Å²) in [7, 11) is 0. The summed E-state index contributed by atoms with van der Waals surface area (Å²) >= 11 is 0. The van der Waals surface area contributed by atoms with Crippen LogP contribution < -0.4 is 10.6 Å². The molecule has 2 N–H and O–H groups in total. The van der Waals surface area contributed by atoms with Gasteiger partial charge in [-0.25, -0.2) is 4.98 Å². The van der Waals surface area contributed by atoms with Crippen molar-refractivity contribution in [2.45, 2.75) is 6.92 Å². The number of carbonyl (C=O) groups excluding carboxylic acids is 1. The van der Waals surface area contributed by atoms with Crippen LogP contribution in [0.25, 0.3) is 16.9 Å². The van der Waals surface area contributed by atoms with Crippen LogP contribution in [0.3, 0.4) is 0 Å². The zero-order valence-electron chi connectivity index (χ0n) is 19.2. The number of benzene rings is 2. The number of nitrogens with one attached hydrogen (secondary N) is 2. The van der Waals surface area contributed by atoms with E-state index in [2.05, 4.69) is 51.7 Å². The molecule has 34 heavy (non-hydrogen) atoms. The summed E-state index contributed by atoms with van der Waals surface area (Å²) in [6.07, 6.45) is 5.37. The van der Waals surface area contributed by atoms with E-state index < -0.39 is 0 Å². The van der Waals surface area contributed by atoms with Crippen molar-refractivity contribution >= 4 is 23.1 Å². The smallest absolute Gasteiger partial charge is 0.251 e. The molecule has 0 bridgehead atoms. The largest absolute Gasteiger partial charge is 0.379 e. The summed E-state index contributed by atoms with van der Waals surface area (Å²) in [5.41, 5.74) is 5.33. The van der Waals surface area contributed by atoms with Gasteiger partial charge < -0.3 is 15.4 Å². The summed E-state index contributed by atoms with van der Waals surface area (Å²) in [4.78, 5) is 23.9. The van der Waals surface area contributed by atoms with Crippen molar-refractivity contribution in [3.63, 3.8) is 0 Å². The maximum atomic E-state index is 12.6. The van der Waals surface area contributed by atoms with Crippen molar-refractivity contribution in [3.8, 4) is 11.3 Å². The first-order valence-electron chi connectivity index (χ1n) is 11.5. The Kier molecular flexibility index (Phi) is 6.51. The fourth-order valence-electron chi connectivity index (χ4n) is 4.03. The van der Waals surface area contributed by atoms with Crippen LogP contribution in [0.4, 0.5) is 11.5 Å². The Morgan fingerprint density at radius 3 is 2.59 bits per heavy atom. The van der Waals surface area contributed by atoms with E-state index >= 15 is 0 Å². The maximum Gasteiger partial charge on any atom is 0.251 e. The van der Waals surface area contributed by atoms with E-state index in [1.54, 1.807) is 12.4 Å². The number of morpholine rings is 1. The number of ether oxygens (including phenoxy) is 1. The highest BCUT2D eigenvalue weighted by Gasteiger charge is 2.15. The lowest BCUT2D eigenvalue weighted by molar-refractivity contribution is 0.0383. The molecular formula is C26H28N6O2. The molecule has 1 saturated heterocycles. The van der Waals surface area contributed by atoms with Crippen LogP contribution in [0.5, 0.6) is 0 Å². The van der Waals surface area contributed by atoms with Gasteiger partial charge in [0.1, 0.15) is 11.5 Å². The van der Waals surface area contributed by atoms with Crippen LogP contribution >= 0.6 is 0 Å². The van der Waals surface area contributed by atoms with Gasteiger partial charge in [0.05, 0.1) is 19.4 Å². The Morgan fingerprint density at radius 2 is 1.82 bits per heavy atom. The fourth-order valence-corrected chi connectivity index (χ4v) is 4.03. The van der Waals surface area contributed by atoms with E-state index in [0.29, 0.717) is 12.1 Å². The Labute approximate surface area is 198 Å². The van der Waals surface area contributed by atoms with Gasteiger partial charge in [-0.2, -0.15) is 0 Å². The van der Waals surface area contributed by atoms with Crippen LogP contribution in [-0.2, 0) is 4.74 Å². The van der Waals surface area contributed by atoms with Crippen LogP contribution in [-0.4, -0.2) is 64.6 Å². The van der Waals surface area contributed by atoms with Gasteiger partial charge >= 0.3 is 0 Å². The molecule has 4 aromatic rings. The molecule has 8 nitrogen and oxygen atoms in total. The molecular weight excluding hydrogens is 428 g/mol. The number of anilines is 2. The summed E-state index contributed by atoms with van der Waals surface area (Å²) in [6, 6.07) is 15.8. The first-order valence-corrected chi connectivity index (χ1v) is 11.5. The molecule has 0 aliphatic carbocycles. The lowest BCUT2D eigenvalue weighted by Crippen LogP contribution is -2.41. The summed E-state index contributed by atoms with van der Waals surface area (Å²) in [5, 5.41) is 6.49. The summed E-state index contributed by atoms with van der Waals surface area (Å²) in [5.74, 6) is 0.782. The molecule has 0 spiro atoms. The quantitative estimate of drug-likeness (QED) is 0.443. The number of amides is 1. The predicted octanol–water partition coefficient (Wildman–Crippen LogP) is 3.51. The molecule has 1 aliphatic rings. The first-order chi connectivity index (χ1) is 16.7. The molecule has 0 radical (unpaired) electrons. The van der Waals surface area contributed by atoms with Gasteiger partial charge in [-0.1, -0.05) is 29.8 Å². The topological polar surface area (TPSA) is 83.8 Å². The highest BCUT2D eigenvalue weighted by molar-refractivity contribution is 5.94. The van der Waals surface area contributed by atoms with E-state index in [9.17, 15) is 4.79 Å². The lowest BCUT2D eigenvalue weighted by atomic mass is 10.1. The average Bonchev–Trinajstić information content (AvgIpc) is 3.24. The third kappa shape index (κ3) is 4.93. The Bertz CT molecular complexity index is 1260. The third-order valence-corrected chi connectivity index (χ3v) is 5.98. The third-order valence-electron chi connectivity index (χ3n) is 5.98. The molecule has 0 saturated carbocycles. The van der Waals surface area contributed by atoms with E-state index in [1.165, 1.54) is 5.56 Å². The number of hydrogen-bond acceptors (Lipinski definition) is 6. The van der Waals surface area contributed by atoms with Crippen LogP contribution in [0.2, 0.25) is 0 Å². The van der Waals surface area contributed by atoms with Crippen LogP contribution in [0.1, 0.15) is 15.9 Å². The van der Waals surface area contributed by atoms with Gasteiger partial charge in [-0.05, 0) is 31.2 Å². The second-order valence-corrected chi connectivity index (χ2v) is 8.39. The highest BCUT2D eigenvalue weighted by Crippen LogP contribution is 2.31. The van der Waals surface area contributed by atoms with Crippen LogP contribution in [0, 0.1) is 6.92 Å². The summed E-state index contributed by atoms with van der Waals surface area (Å²) < 4.78 is 7.34. The van der Waals surface area contributed by atoms with Crippen molar-refractivity contribution in [3.05, 3.63) is 78.2 Å². The number of nitrogens with zero attached hydrogens (tertiary/aromatic N) is 4. The molecule has 1 amide bonds. The minimum Gasteiger partial charge on any atom is -0.379 e. The second-order valence-electron chi connectivity index (χ2n) is 8.39. The maximum absolute atomic E-state index is 12.6. The molecule has 5 rings (SSSR count). The predicted molar refractivity (Wildman–Crippen MR) is 132 cm³/mol. The Hall–Kier alpha value is -3.75. The minimum atomic E-state index is -0.0685. The molecule has 0 atom stereocenters. The number of rotatable bonds is 7. The molecule has 174 valence electrons. The normalized spacial score (nSPS) is 14.3. The van der Waals surface area contributed by atoms with Crippen molar-refractivity contribution in [2.24, 2.45) is 0 Å². The second kappa shape index (κ2) is 10.0. The molecule has 8 heteroatoms. The first kappa shape index (κ1) is 22.1. The number of imidazole rings is 1. The molecule has 2 aromatic carbocycles. The zero-order chi connectivity index (χ0) is 23.3. The molecule has 1 aliphatic heterocycles. The average molecular weight is 457 g/mol. The summed E-state index contributed by atoms with van der Waals surface area (Å²) in [6.45, 7) is 6.87. The van der Waals surface area contributed by atoms with E-state index in [1.807, 2.05) is 34.9 Å². The molecule has 3 heterocycles. The monoisotopic (exact) mass is 456 g/mol. The van der Waals surface area contributed by atoms with E-state index in [0.717, 1.165) is 61.3 Å². The number of aryl methyl sites for hydroxylation is 1. The van der Waals surface area contributed by atoms with Gasteiger partial charge in [0.15, 0.2) is 5.65 Å². The Balaban J connectivity index is 1.30. The van der Waals surface area contributed by atoms with Gasteiger partial charge in [0.2, 0.25) is 0 Å². The van der Waals surface area contributed by atoms with Gasteiger partial charge in [-0.15, -0.1) is 0 Å². The standard InChI is InChI=1S/C26H28N6O2/c1-19-2-4-20(5-3-19)24-25(32-13-10-27-18-23(32)30-24)29-22-8-6-21(7-9-22)26(33)28-11-12-31-14-16-34-17-15-31/h2-10,13,18,29H,11-12,14-17H2,1H3,(H,28,33). The van der Waals surface area contributed by atoms with Crippen molar-refractivity contribution in [1.29, 1.82) is 0 Å². The Morgan fingerprint density at radius 1 is 1.06 bits per heavy atom. The van der Waals surface area contributed by atoms with Crippen LogP contribution in [0.15, 0.2) is 67.1 Å². The van der Waals surface area contributed by atoms with E-state index in [4.69, 9.17) is 9.72 Å². The van der Waals surface area contributed by atoms with Gasteiger partial charge in [-0.3, -0.25) is 19.1 Å². The molecule has 1 fully saturated rings. The van der Waals surface area contributed by atoms with Crippen molar-refractivity contribution in [1.82, 2.24) is 24.6 Å². The fraction of sp³-hybridized carbons (Fsp3) is 0.269. The number of aromatic nitrogens is 3. The highest BCUT2D eigenvalue weighted by atomic mass is 16.5. The number of carbonyl (C=O) groups is 1. The van der Waals surface area contributed by atoms with Crippen molar-refractivity contribution in [2.75, 3.05) is 44.7 Å². The van der Waals surface area contributed by atoms with Crippen molar-refractivity contribution < 1.29 is 9.53 Å². The number of hydrogen-bond donors (Lipinski definition) is 2. The zero-order valence-corrected chi connectivity index (χ0v) is 19.2. The van der Waals surface area contributed by atoms with Gasteiger partial charge in [0.25, 0.3) is 5.91 Å². The molecule has 2 aromatic heterocycles. The molecule has 0 unspecified atom stereocenters. The minimum absolute atomic E-state index is 0.0685.